The average Bonchev–Trinajstić information content (AvgIpc) is 2.53. The standard InChI is InChI=1S/C9H5NOS2/c10-4-6-7(11)3-8-5(9(6)12)1-2-13-8/h1-3,11-12H. The SMILES string of the molecule is N#Cc1c(O)cc2sccc2c1S. The molecule has 0 spiro atoms. The first kappa shape index (κ1) is 8.42. The number of phenols is 1. The summed E-state index contributed by atoms with van der Waals surface area (Å²) >= 11 is 5.72. The van der Waals surface area contributed by atoms with Crippen LogP contribution in [0.15, 0.2) is 22.4 Å². The van der Waals surface area contributed by atoms with Crippen molar-refractivity contribution in [2.24, 2.45) is 0 Å². The lowest BCUT2D eigenvalue weighted by Gasteiger charge is -2.00. The summed E-state index contributed by atoms with van der Waals surface area (Å²) in [4.78, 5) is 0.554. The highest BCUT2D eigenvalue weighted by Crippen LogP contribution is 2.34. The van der Waals surface area contributed by atoms with Crippen molar-refractivity contribution in [2.45, 2.75) is 4.90 Å². The lowest BCUT2D eigenvalue weighted by molar-refractivity contribution is 0.473. The van der Waals surface area contributed by atoms with Gasteiger partial charge in [-0.05, 0) is 17.5 Å². The number of aromatic hydroxyl groups is 1. The highest BCUT2D eigenvalue weighted by Gasteiger charge is 2.10. The van der Waals surface area contributed by atoms with Crippen molar-refractivity contribution in [3.05, 3.63) is 23.1 Å². The fourth-order valence-electron chi connectivity index (χ4n) is 1.19. The molecule has 4 heteroatoms. The van der Waals surface area contributed by atoms with Crippen molar-refractivity contribution in [3.63, 3.8) is 0 Å². The molecule has 0 fully saturated rings. The number of nitrogens with zero attached hydrogens (tertiary/aromatic N) is 1. The van der Waals surface area contributed by atoms with Crippen molar-refractivity contribution >= 4 is 34.1 Å². The van der Waals surface area contributed by atoms with E-state index in [2.05, 4.69) is 12.6 Å². The summed E-state index contributed by atoms with van der Waals surface area (Å²) in [6.07, 6.45) is 0. The lowest BCUT2D eigenvalue weighted by atomic mass is 10.1. The van der Waals surface area contributed by atoms with E-state index in [0.29, 0.717) is 4.90 Å². The van der Waals surface area contributed by atoms with Crippen LogP contribution in [0.2, 0.25) is 0 Å². The summed E-state index contributed by atoms with van der Waals surface area (Å²) in [5.74, 6) is 0.00227. The van der Waals surface area contributed by atoms with Crippen molar-refractivity contribution in [2.75, 3.05) is 0 Å². The molecular weight excluding hydrogens is 202 g/mol. The minimum atomic E-state index is 0.00227. The molecule has 13 heavy (non-hydrogen) atoms. The van der Waals surface area contributed by atoms with Crippen LogP contribution in [-0.4, -0.2) is 5.11 Å². The minimum absolute atomic E-state index is 0.00227. The van der Waals surface area contributed by atoms with Crippen LogP contribution in [0.4, 0.5) is 0 Å². The fourth-order valence-corrected chi connectivity index (χ4v) is 2.45. The topological polar surface area (TPSA) is 44.0 Å². The van der Waals surface area contributed by atoms with E-state index in [1.54, 1.807) is 6.07 Å². The number of thiol groups is 1. The van der Waals surface area contributed by atoms with Crippen LogP contribution in [0, 0.1) is 11.3 Å². The Bertz CT molecular complexity index is 510. The molecule has 64 valence electrons. The van der Waals surface area contributed by atoms with Gasteiger partial charge < -0.3 is 5.11 Å². The van der Waals surface area contributed by atoms with Crippen LogP contribution in [0.1, 0.15) is 5.56 Å². The first-order valence-corrected chi connectivity index (χ1v) is 4.89. The molecule has 0 aliphatic rings. The van der Waals surface area contributed by atoms with Crippen LogP contribution < -0.4 is 0 Å². The number of benzene rings is 1. The first-order chi connectivity index (χ1) is 6.24. The van der Waals surface area contributed by atoms with E-state index in [1.807, 2.05) is 17.5 Å². The molecule has 0 bridgehead atoms. The Hall–Kier alpha value is -1.18. The molecule has 0 saturated carbocycles. The third-order valence-corrected chi connectivity index (χ3v) is 3.15. The smallest absolute Gasteiger partial charge is 0.135 e. The Morgan fingerprint density at radius 3 is 3.00 bits per heavy atom. The van der Waals surface area contributed by atoms with E-state index in [4.69, 9.17) is 5.26 Å². The van der Waals surface area contributed by atoms with Gasteiger partial charge in [0.25, 0.3) is 0 Å². The van der Waals surface area contributed by atoms with Gasteiger partial charge in [-0.2, -0.15) is 5.26 Å². The third-order valence-electron chi connectivity index (χ3n) is 1.82. The molecule has 0 radical (unpaired) electrons. The van der Waals surface area contributed by atoms with Gasteiger partial charge in [0.1, 0.15) is 17.4 Å². The molecule has 0 amide bonds. The number of hydrogen-bond donors (Lipinski definition) is 2. The van der Waals surface area contributed by atoms with Crippen molar-refractivity contribution < 1.29 is 5.11 Å². The fraction of sp³-hybridized carbons (Fsp3) is 0. The number of fused-ring (bicyclic) bond motifs is 1. The Morgan fingerprint density at radius 2 is 2.31 bits per heavy atom. The van der Waals surface area contributed by atoms with Crippen LogP contribution in [0.5, 0.6) is 5.75 Å². The van der Waals surface area contributed by atoms with E-state index < -0.39 is 0 Å². The summed E-state index contributed by atoms with van der Waals surface area (Å²) in [6.45, 7) is 0. The van der Waals surface area contributed by atoms with Gasteiger partial charge in [-0.25, -0.2) is 0 Å². The maximum Gasteiger partial charge on any atom is 0.135 e. The normalized spacial score (nSPS) is 10.2. The molecule has 0 atom stereocenters. The minimum Gasteiger partial charge on any atom is -0.506 e. The second-order valence-corrected chi connectivity index (χ2v) is 3.96. The molecular formula is C9H5NOS2. The molecule has 1 N–H and O–H groups in total. The van der Waals surface area contributed by atoms with Crippen LogP contribution >= 0.6 is 24.0 Å². The summed E-state index contributed by atoms with van der Waals surface area (Å²) in [7, 11) is 0. The number of nitriles is 1. The average molecular weight is 207 g/mol. The monoisotopic (exact) mass is 207 g/mol. The predicted molar refractivity (Wildman–Crippen MR) is 55.5 cm³/mol. The second-order valence-electron chi connectivity index (χ2n) is 2.56. The first-order valence-electron chi connectivity index (χ1n) is 3.56. The largest absolute Gasteiger partial charge is 0.506 e. The number of thiophene rings is 1. The molecule has 0 aliphatic carbocycles. The summed E-state index contributed by atoms with van der Waals surface area (Å²) in [6, 6.07) is 5.41. The van der Waals surface area contributed by atoms with Gasteiger partial charge in [0.15, 0.2) is 0 Å². The van der Waals surface area contributed by atoms with E-state index in [-0.39, 0.29) is 11.3 Å². The Balaban J connectivity index is 2.95. The maximum absolute atomic E-state index is 9.44. The van der Waals surface area contributed by atoms with E-state index in [9.17, 15) is 5.11 Å². The van der Waals surface area contributed by atoms with Gasteiger partial charge in [-0.3, -0.25) is 0 Å². The maximum atomic E-state index is 9.44. The number of phenolic OH excluding ortho intramolecular Hbond substituents is 1. The second kappa shape index (κ2) is 2.95. The van der Waals surface area contributed by atoms with Crippen molar-refractivity contribution in [3.8, 4) is 11.8 Å². The molecule has 1 aromatic heterocycles. The lowest BCUT2D eigenvalue weighted by Crippen LogP contribution is -1.79. The molecule has 2 aromatic rings. The number of rotatable bonds is 0. The quantitative estimate of drug-likeness (QED) is 0.652. The Kier molecular flexibility index (Phi) is 1.91. The third kappa shape index (κ3) is 1.17. The van der Waals surface area contributed by atoms with Gasteiger partial charge in [0.05, 0.1) is 0 Å². The number of hydrogen-bond acceptors (Lipinski definition) is 4. The van der Waals surface area contributed by atoms with Crippen LogP contribution in [-0.2, 0) is 0 Å². The molecule has 0 saturated heterocycles. The van der Waals surface area contributed by atoms with Gasteiger partial charge in [0, 0.05) is 15.0 Å². The van der Waals surface area contributed by atoms with Crippen LogP contribution in [0.3, 0.4) is 0 Å². The molecule has 0 aliphatic heterocycles. The predicted octanol–water partition coefficient (Wildman–Crippen LogP) is 2.77. The highest BCUT2D eigenvalue weighted by atomic mass is 32.1. The van der Waals surface area contributed by atoms with Gasteiger partial charge in [-0.15, -0.1) is 24.0 Å². The van der Waals surface area contributed by atoms with Gasteiger partial charge >= 0.3 is 0 Å². The van der Waals surface area contributed by atoms with E-state index >= 15 is 0 Å². The molecule has 1 heterocycles. The Morgan fingerprint density at radius 1 is 1.54 bits per heavy atom. The zero-order valence-electron chi connectivity index (χ0n) is 6.48. The molecule has 0 unspecified atom stereocenters. The highest BCUT2D eigenvalue weighted by molar-refractivity contribution is 7.80. The van der Waals surface area contributed by atoms with Crippen molar-refractivity contribution in [1.29, 1.82) is 5.26 Å². The Labute approximate surface area is 84.5 Å². The molecule has 2 nitrogen and oxygen atoms in total. The van der Waals surface area contributed by atoms with E-state index in [0.717, 1.165) is 10.1 Å². The van der Waals surface area contributed by atoms with Gasteiger partial charge in [-0.1, -0.05) is 0 Å². The summed E-state index contributed by atoms with van der Waals surface area (Å²) in [5.41, 5.74) is 0.245. The van der Waals surface area contributed by atoms with E-state index in [1.165, 1.54) is 11.3 Å². The zero-order valence-corrected chi connectivity index (χ0v) is 8.19. The zero-order chi connectivity index (χ0) is 9.42. The van der Waals surface area contributed by atoms with Gasteiger partial charge in [0.2, 0.25) is 0 Å². The molecule has 2 rings (SSSR count). The summed E-state index contributed by atoms with van der Waals surface area (Å²) < 4.78 is 0.946. The van der Waals surface area contributed by atoms with Crippen LogP contribution in [0.25, 0.3) is 10.1 Å². The van der Waals surface area contributed by atoms with Crippen molar-refractivity contribution in [1.82, 2.24) is 0 Å². The summed E-state index contributed by atoms with van der Waals surface area (Å²) in [5, 5.41) is 21.0. The molecule has 1 aromatic carbocycles.